The lowest BCUT2D eigenvalue weighted by atomic mass is 10.1. The van der Waals surface area contributed by atoms with E-state index in [4.69, 9.17) is 10.5 Å². The van der Waals surface area contributed by atoms with Gasteiger partial charge in [-0.15, -0.1) is 0 Å². The molecule has 1 rings (SSSR count). The van der Waals surface area contributed by atoms with E-state index in [0.717, 1.165) is 24.6 Å². The summed E-state index contributed by atoms with van der Waals surface area (Å²) >= 11 is 0. The lowest BCUT2D eigenvalue weighted by Gasteiger charge is -2.12. The molecule has 0 saturated heterocycles. The van der Waals surface area contributed by atoms with Gasteiger partial charge in [0, 0.05) is 0 Å². The Kier molecular flexibility index (Phi) is 6.74. The summed E-state index contributed by atoms with van der Waals surface area (Å²) in [7, 11) is 0. The quantitative estimate of drug-likeness (QED) is 0.685. The fraction of sp³-hybridized carbons (Fsp3) is 0.800. The van der Waals surface area contributed by atoms with Gasteiger partial charge in [0.1, 0.15) is 5.69 Å². The Balaban J connectivity index is 2.36. The van der Waals surface area contributed by atoms with Gasteiger partial charge in [0.15, 0.2) is 0 Å². The van der Waals surface area contributed by atoms with Crippen LogP contribution in [0.2, 0.25) is 0 Å². The van der Waals surface area contributed by atoms with Crippen LogP contribution in [0.5, 0.6) is 5.88 Å². The zero-order valence-corrected chi connectivity index (χ0v) is 12.9. The molecule has 1 aromatic rings. The Labute approximate surface area is 117 Å². The van der Waals surface area contributed by atoms with Crippen LogP contribution in [-0.2, 0) is 0 Å². The van der Waals surface area contributed by atoms with E-state index in [0.29, 0.717) is 5.69 Å². The summed E-state index contributed by atoms with van der Waals surface area (Å²) in [6.07, 6.45) is 7.59. The Morgan fingerprint density at radius 2 is 1.79 bits per heavy atom. The van der Waals surface area contributed by atoms with Crippen LogP contribution in [0.25, 0.3) is 0 Å². The number of hydrogen-bond acceptors (Lipinski definition) is 3. The van der Waals surface area contributed by atoms with Crippen molar-refractivity contribution in [2.45, 2.75) is 72.3 Å². The van der Waals surface area contributed by atoms with Gasteiger partial charge in [0.2, 0.25) is 5.88 Å². The van der Waals surface area contributed by atoms with Crippen LogP contribution >= 0.6 is 0 Å². The Bertz CT molecular complexity index is 372. The first-order chi connectivity index (χ1) is 9.07. The first-order valence-electron chi connectivity index (χ1n) is 7.55. The maximum Gasteiger partial charge on any atom is 0.236 e. The summed E-state index contributed by atoms with van der Waals surface area (Å²) in [6.45, 7) is 9.06. The Morgan fingerprint density at radius 1 is 1.16 bits per heavy atom. The van der Waals surface area contributed by atoms with Crippen LogP contribution in [-0.4, -0.2) is 16.4 Å². The Hall–Kier alpha value is -1.19. The molecule has 0 aliphatic rings. The molecule has 2 N–H and O–H groups in total. The van der Waals surface area contributed by atoms with Gasteiger partial charge in [-0.3, -0.25) is 0 Å². The maximum absolute atomic E-state index is 6.01. The highest BCUT2D eigenvalue weighted by Crippen LogP contribution is 2.28. The number of nitrogens with two attached hydrogens (primary N) is 1. The van der Waals surface area contributed by atoms with Gasteiger partial charge >= 0.3 is 0 Å². The molecule has 110 valence electrons. The zero-order chi connectivity index (χ0) is 14.3. The second-order valence-electron chi connectivity index (χ2n) is 5.46. The summed E-state index contributed by atoms with van der Waals surface area (Å²) in [6, 6.07) is 0.274. The first-order valence-corrected chi connectivity index (χ1v) is 7.55. The van der Waals surface area contributed by atoms with E-state index in [1.54, 1.807) is 0 Å². The molecule has 4 nitrogen and oxygen atoms in total. The van der Waals surface area contributed by atoms with Crippen molar-refractivity contribution in [1.29, 1.82) is 0 Å². The molecule has 0 aliphatic carbocycles. The standard InChI is InChI=1S/C15H29N3O/c1-5-6-7-8-9-10-11-19-15-14(16)13(4)17-18(15)12(2)3/h12H,5-11,16H2,1-4H3. The third-order valence-electron chi connectivity index (χ3n) is 3.31. The van der Waals surface area contributed by atoms with E-state index >= 15 is 0 Å². The molecule has 19 heavy (non-hydrogen) atoms. The van der Waals surface area contributed by atoms with E-state index in [-0.39, 0.29) is 6.04 Å². The molecule has 0 unspecified atom stereocenters. The van der Waals surface area contributed by atoms with E-state index in [9.17, 15) is 0 Å². The lowest BCUT2D eigenvalue weighted by molar-refractivity contribution is 0.268. The number of aromatic nitrogens is 2. The molecule has 0 radical (unpaired) electrons. The number of ether oxygens (including phenoxy) is 1. The van der Waals surface area contributed by atoms with Crippen LogP contribution in [0.3, 0.4) is 0 Å². The maximum atomic E-state index is 6.01. The van der Waals surface area contributed by atoms with Gasteiger partial charge in [0.05, 0.1) is 18.3 Å². The average Bonchev–Trinajstić information content (AvgIpc) is 2.66. The van der Waals surface area contributed by atoms with E-state index in [2.05, 4.69) is 25.9 Å². The lowest BCUT2D eigenvalue weighted by Crippen LogP contribution is -2.09. The normalized spacial score (nSPS) is 11.2. The molecule has 1 heterocycles. The molecular weight excluding hydrogens is 238 g/mol. The van der Waals surface area contributed by atoms with Crippen molar-refractivity contribution in [3.05, 3.63) is 5.69 Å². The fourth-order valence-electron chi connectivity index (χ4n) is 2.08. The second-order valence-corrected chi connectivity index (χ2v) is 5.46. The van der Waals surface area contributed by atoms with Crippen molar-refractivity contribution in [2.75, 3.05) is 12.3 Å². The van der Waals surface area contributed by atoms with Crippen molar-refractivity contribution < 1.29 is 4.74 Å². The number of anilines is 1. The summed E-state index contributed by atoms with van der Waals surface area (Å²) in [5, 5.41) is 4.42. The van der Waals surface area contributed by atoms with Crippen LogP contribution in [0.1, 0.15) is 71.0 Å². The predicted molar refractivity (Wildman–Crippen MR) is 80.6 cm³/mol. The summed E-state index contributed by atoms with van der Waals surface area (Å²) in [5.74, 6) is 0.737. The number of aryl methyl sites for hydroxylation is 1. The van der Waals surface area contributed by atoms with Gasteiger partial charge in [0.25, 0.3) is 0 Å². The number of nitrogen functional groups attached to an aromatic ring is 1. The van der Waals surface area contributed by atoms with Crippen molar-refractivity contribution in [3.8, 4) is 5.88 Å². The SMILES string of the molecule is CCCCCCCCOc1c(N)c(C)nn1C(C)C. The number of unbranched alkanes of at least 4 members (excludes halogenated alkanes) is 5. The monoisotopic (exact) mass is 267 g/mol. The van der Waals surface area contributed by atoms with Gasteiger partial charge in [-0.2, -0.15) is 5.10 Å². The number of hydrogen-bond donors (Lipinski definition) is 1. The third-order valence-corrected chi connectivity index (χ3v) is 3.31. The first kappa shape index (κ1) is 15.9. The fourth-order valence-corrected chi connectivity index (χ4v) is 2.08. The van der Waals surface area contributed by atoms with Crippen LogP contribution < -0.4 is 10.5 Å². The van der Waals surface area contributed by atoms with Crippen molar-refractivity contribution in [3.63, 3.8) is 0 Å². The second kappa shape index (κ2) is 8.08. The Morgan fingerprint density at radius 3 is 2.42 bits per heavy atom. The van der Waals surface area contributed by atoms with Gasteiger partial charge in [-0.1, -0.05) is 39.0 Å². The van der Waals surface area contributed by atoms with Crippen molar-refractivity contribution in [2.24, 2.45) is 0 Å². The largest absolute Gasteiger partial charge is 0.476 e. The summed E-state index contributed by atoms with van der Waals surface area (Å²) < 4.78 is 7.71. The minimum absolute atomic E-state index is 0.274. The van der Waals surface area contributed by atoms with E-state index < -0.39 is 0 Å². The van der Waals surface area contributed by atoms with E-state index in [1.165, 1.54) is 32.1 Å². The molecule has 1 aromatic heterocycles. The highest BCUT2D eigenvalue weighted by atomic mass is 16.5. The molecule has 0 saturated carbocycles. The molecule has 0 spiro atoms. The number of rotatable bonds is 9. The van der Waals surface area contributed by atoms with Gasteiger partial charge < -0.3 is 10.5 Å². The van der Waals surface area contributed by atoms with Crippen molar-refractivity contribution in [1.82, 2.24) is 9.78 Å². The van der Waals surface area contributed by atoms with Crippen LogP contribution in [0.4, 0.5) is 5.69 Å². The van der Waals surface area contributed by atoms with Crippen molar-refractivity contribution >= 4 is 5.69 Å². The minimum Gasteiger partial charge on any atom is -0.476 e. The number of nitrogens with zero attached hydrogens (tertiary/aromatic N) is 2. The molecule has 4 heteroatoms. The molecular formula is C15H29N3O. The molecule has 0 amide bonds. The molecule has 0 fully saturated rings. The van der Waals surface area contributed by atoms with Gasteiger partial charge in [-0.25, -0.2) is 4.68 Å². The smallest absolute Gasteiger partial charge is 0.236 e. The van der Waals surface area contributed by atoms with Crippen LogP contribution in [0.15, 0.2) is 0 Å². The highest BCUT2D eigenvalue weighted by molar-refractivity contribution is 5.52. The molecule has 0 atom stereocenters. The van der Waals surface area contributed by atoms with Gasteiger partial charge in [-0.05, 0) is 27.2 Å². The minimum atomic E-state index is 0.274. The third kappa shape index (κ3) is 4.77. The predicted octanol–water partition coefficient (Wildman–Crippen LogP) is 4.09. The summed E-state index contributed by atoms with van der Waals surface area (Å²) in [4.78, 5) is 0. The summed E-state index contributed by atoms with van der Waals surface area (Å²) in [5.41, 5.74) is 7.55. The molecule has 0 aliphatic heterocycles. The molecule has 0 bridgehead atoms. The zero-order valence-electron chi connectivity index (χ0n) is 12.9. The average molecular weight is 267 g/mol. The highest BCUT2D eigenvalue weighted by Gasteiger charge is 2.15. The topological polar surface area (TPSA) is 53.1 Å². The van der Waals surface area contributed by atoms with Crippen LogP contribution in [0, 0.1) is 6.92 Å². The van der Waals surface area contributed by atoms with E-state index in [1.807, 2.05) is 11.6 Å². The molecule has 0 aromatic carbocycles.